The highest BCUT2D eigenvalue weighted by atomic mass is 15.0. The van der Waals surface area contributed by atoms with Crippen molar-refractivity contribution in [1.29, 1.82) is 5.26 Å². The molecule has 1 aromatic rings. The highest BCUT2D eigenvalue weighted by molar-refractivity contribution is 5.57. The van der Waals surface area contributed by atoms with Gasteiger partial charge < -0.3 is 11.1 Å². The number of nitriles is 1. The van der Waals surface area contributed by atoms with Gasteiger partial charge in [0.15, 0.2) is 0 Å². The maximum Gasteiger partial charge on any atom is 0.101 e. The zero-order valence-electron chi connectivity index (χ0n) is 9.24. The van der Waals surface area contributed by atoms with Gasteiger partial charge in [-0.15, -0.1) is 0 Å². The van der Waals surface area contributed by atoms with Gasteiger partial charge in [0.1, 0.15) is 6.07 Å². The molecule has 84 valence electrons. The van der Waals surface area contributed by atoms with E-state index in [-0.39, 0.29) is 5.54 Å². The molecule has 1 fully saturated rings. The van der Waals surface area contributed by atoms with E-state index < -0.39 is 0 Å². The molecule has 0 bridgehead atoms. The molecule has 1 heterocycles. The molecule has 0 spiro atoms. The first-order valence-corrected chi connectivity index (χ1v) is 5.62. The Balaban J connectivity index is 2.23. The van der Waals surface area contributed by atoms with Crippen LogP contribution in [0, 0.1) is 11.3 Å². The second-order valence-corrected chi connectivity index (χ2v) is 4.35. The first-order chi connectivity index (χ1) is 7.79. The van der Waals surface area contributed by atoms with Gasteiger partial charge in [-0.3, -0.25) is 4.98 Å². The molecule has 1 aliphatic carbocycles. The van der Waals surface area contributed by atoms with E-state index in [0.29, 0.717) is 12.1 Å². The minimum atomic E-state index is -0.0331. The molecule has 4 heteroatoms. The fourth-order valence-electron chi connectivity index (χ4n) is 2.31. The van der Waals surface area contributed by atoms with E-state index in [4.69, 9.17) is 11.0 Å². The fraction of sp³-hybridized carbons (Fsp3) is 0.500. The predicted octanol–water partition coefficient (Wildman–Crippen LogP) is 1.64. The lowest BCUT2D eigenvalue weighted by Gasteiger charge is -2.30. The van der Waals surface area contributed by atoms with Crippen LogP contribution in [0.25, 0.3) is 0 Å². The third kappa shape index (κ3) is 2.00. The highest BCUT2D eigenvalue weighted by Gasteiger charge is 2.32. The number of anilines is 1. The summed E-state index contributed by atoms with van der Waals surface area (Å²) in [5, 5.41) is 12.4. The van der Waals surface area contributed by atoms with Crippen LogP contribution in [-0.2, 0) is 0 Å². The molecular formula is C12H16N4. The standard InChI is InChI=1S/C12H16N4/c13-7-10-3-6-15-8-11(10)16-12(9-14)4-1-2-5-12/h3,6,8,16H,1-2,4-5,9,14H2. The largest absolute Gasteiger partial charge is 0.376 e. The Bertz CT molecular complexity index is 402. The molecule has 0 unspecified atom stereocenters. The van der Waals surface area contributed by atoms with E-state index in [1.165, 1.54) is 12.8 Å². The van der Waals surface area contributed by atoms with Crippen molar-refractivity contribution in [2.24, 2.45) is 5.73 Å². The van der Waals surface area contributed by atoms with Crippen molar-refractivity contribution in [1.82, 2.24) is 4.98 Å². The minimum Gasteiger partial charge on any atom is -0.376 e. The molecule has 2 rings (SSSR count). The maximum absolute atomic E-state index is 9.00. The molecule has 0 aromatic carbocycles. The summed E-state index contributed by atoms with van der Waals surface area (Å²) in [6, 6.07) is 3.89. The van der Waals surface area contributed by atoms with Crippen LogP contribution in [0.4, 0.5) is 5.69 Å². The average Bonchev–Trinajstić information content (AvgIpc) is 2.79. The molecule has 1 aliphatic rings. The van der Waals surface area contributed by atoms with Gasteiger partial charge in [0, 0.05) is 18.3 Å². The third-order valence-electron chi connectivity index (χ3n) is 3.29. The van der Waals surface area contributed by atoms with Crippen molar-refractivity contribution in [2.45, 2.75) is 31.2 Å². The minimum absolute atomic E-state index is 0.0331. The molecule has 0 radical (unpaired) electrons. The van der Waals surface area contributed by atoms with E-state index in [2.05, 4.69) is 16.4 Å². The quantitative estimate of drug-likeness (QED) is 0.805. The van der Waals surface area contributed by atoms with Gasteiger partial charge in [0.05, 0.1) is 17.4 Å². The third-order valence-corrected chi connectivity index (χ3v) is 3.29. The summed E-state index contributed by atoms with van der Waals surface area (Å²) in [5.74, 6) is 0. The van der Waals surface area contributed by atoms with Crippen molar-refractivity contribution < 1.29 is 0 Å². The Hall–Kier alpha value is -1.60. The second-order valence-electron chi connectivity index (χ2n) is 4.35. The Morgan fingerprint density at radius 3 is 2.88 bits per heavy atom. The lowest BCUT2D eigenvalue weighted by atomic mass is 9.97. The van der Waals surface area contributed by atoms with Gasteiger partial charge in [-0.2, -0.15) is 5.26 Å². The van der Waals surface area contributed by atoms with Crippen molar-refractivity contribution in [2.75, 3.05) is 11.9 Å². The average molecular weight is 216 g/mol. The zero-order valence-corrected chi connectivity index (χ0v) is 9.24. The number of pyridine rings is 1. The Morgan fingerprint density at radius 1 is 1.50 bits per heavy atom. The van der Waals surface area contributed by atoms with Gasteiger partial charge in [-0.05, 0) is 18.9 Å². The summed E-state index contributed by atoms with van der Waals surface area (Å²) in [4.78, 5) is 4.05. The molecule has 16 heavy (non-hydrogen) atoms. The lowest BCUT2D eigenvalue weighted by Crippen LogP contribution is -2.43. The second kappa shape index (κ2) is 4.50. The van der Waals surface area contributed by atoms with Crippen molar-refractivity contribution >= 4 is 5.69 Å². The zero-order chi connectivity index (χ0) is 11.4. The Morgan fingerprint density at radius 2 is 2.25 bits per heavy atom. The Labute approximate surface area is 95.5 Å². The van der Waals surface area contributed by atoms with Gasteiger partial charge in [0.25, 0.3) is 0 Å². The monoisotopic (exact) mass is 216 g/mol. The summed E-state index contributed by atoms with van der Waals surface area (Å²) in [5.41, 5.74) is 7.25. The van der Waals surface area contributed by atoms with Gasteiger partial charge >= 0.3 is 0 Å². The van der Waals surface area contributed by atoms with E-state index in [0.717, 1.165) is 18.5 Å². The molecule has 4 nitrogen and oxygen atoms in total. The first-order valence-electron chi connectivity index (χ1n) is 5.62. The fourth-order valence-corrected chi connectivity index (χ4v) is 2.31. The van der Waals surface area contributed by atoms with Crippen molar-refractivity contribution in [3.05, 3.63) is 24.0 Å². The number of hydrogen-bond donors (Lipinski definition) is 2. The van der Waals surface area contributed by atoms with Gasteiger partial charge in [0.2, 0.25) is 0 Å². The summed E-state index contributed by atoms with van der Waals surface area (Å²) in [6.45, 7) is 0.604. The summed E-state index contributed by atoms with van der Waals surface area (Å²) in [7, 11) is 0. The van der Waals surface area contributed by atoms with Crippen LogP contribution in [0.15, 0.2) is 18.5 Å². The number of nitrogens with two attached hydrogens (primary N) is 1. The maximum atomic E-state index is 9.00. The number of hydrogen-bond acceptors (Lipinski definition) is 4. The molecule has 0 atom stereocenters. The number of nitrogens with zero attached hydrogens (tertiary/aromatic N) is 2. The molecule has 0 aliphatic heterocycles. The lowest BCUT2D eigenvalue weighted by molar-refractivity contribution is 0.493. The van der Waals surface area contributed by atoms with Crippen LogP contribution in [0.2, 0.25) is 0 Å². The molecule has 0 amide bonds. The molecule has 1 aromatic heterocycles. The van der Waals surface area contributed by atoms with Crippen molar-refractivity contribution in [3.63, 3.8) is 0 Å². The van der Waals surface area contributed by atoms with Crippen LogP contribution in [0.1, 0.15) is 31.2 Å². The van der Waals surface area contributed by atoms with Gasteiger partial charge in [-0.25, -0.2) is 0 Å². The van der Waals surface area contributed by atoms with Crippen LogP contribution < -0.4 is 11.1 Å². The number of aromatic nitrogens is 1. The predicted molar refractivity (Wildman–Crippen MR) is 62.8 cm³/mol. The molecule has 1 saturated carbocycles. The normalized spacial score (nSPS) is 18.0. The van der Waals surface area contributed by atoms with Crippen molar-refractivity contribution in [3.8, 4) is 6.07 Å². The van der Waals surface area contributed by atoms with E-state index in [9.17, 15) is 0 Å². The van der Waals surface area contributed by atoms with Crippen LogP contribution in [-0.4, -0.2) is 17.1 Å². The first kappa shape index (κ1) is 10.9. The number of nitrogens with one attached hydrogen (secondary N) is 1. The van der Waals surface area contributed by atoms with E-state index >= 15 is 0 Å². The highest BCUT2D eigenvalue weighted by Crippen LogP contribution is 2.32. The topological polar surface area (TPSA) is 74.7 Å². The molecule has 0 saturated heterocycles. The molecular weight excluding hydrogens is 200 g/mol. The van der Waals surface area contributed by atoms with Crippen LogP contribution in [0.5, 0.6) is 0 Å². The molecule has 3 N–H and O–H groups in total. The summed E-state index contributed by atoms with van der Waals surface area (Å²) in [6.07, 6.45) is 7.88. The Kier molecular flexibility index (Phi) is 3.07. The summed E-state index contributed by atoms with van der Waals surface area (Å²) >= 11 is 0. The summed E-state index contributed by atoms with van der Waals surface area (Å²) < 4.78 is 0. The van der Waals surface area contributed by atoms with E-state index in [1.807, 2.05) is 0 Å². The van der Waals surface area contributed by atoms with Crippen LogP contribution in [0.3, 0.4) is 0 Å². The smallest absolute Gasteiger partial charge is 0.101 e. The van der Waals surface area contributed by atoms with Crippen LogP contribution >= 0.6 is 0 Å². The van der Waals surface area contributed by atoms with Gasteiger partial charge in [-0.1, -0.05) is 12.8 Å². The SMILES string of the molecule is N#Cc1ccncc1NC1(CN)CCCC1. The number of rotatable bonds is 3. The van der Waals surface area contributed by atoms with E-state index in [1.54, 1.807) is 18.5 Å².